The zero-order chi connectivity index (χ0) is 18.5. The summed E-state index contributed by atoms with van der Waals surface area (Å²) in [6, 6.07) is 4.26. The first-order valence-electron chi connectivity index (χ1n) is 9.45. The molecule has 0 N–H and O–H groups in total. The van der Waals surface area contributed by atoms with Crippen LogP contribution in [0.4, 0.5) is 0 Å². The molecule has 0 unspecified atom stereocenters. The second-order valence-electron chi connectivity index (χ2n) is 8.36. The van der Waals surface area contributed by atoms with E-state index in [0.717, 1.165) is 6.42 Å². The molecule has 0 saturated heterocycles. The Balaban J connectivity index is 2.19. The van der Waals surface area contributed by atoms with Crippen molar-refractivity contribution in [1.82, 2.24) is 4.90 Å². The standard InChI is InChI=1S/C22H29NO2/c1-12(2)15-7-8-16-18(23-19(24)9-10-20(23)25)11-17(13(3)4)22(16)21(15)14(5)6/h7-10,12-14,17-18H,11H2,1-6H3/t17-,18-/m0/s1. The molecule has 1 heterocycles. The minimum atomic E-state index is -0.176. The number of imide groups is 1. The lowest BCUT2D eigenvalue weighted by atomic mass is 9.79. The molecule has 1 aliphatic heterocycles. The fraction of sp³-hybridized carbons (Fsp3) is 0.545. The molecule has 0 spiro atoms. The Morgan fingerprint density at radius 1 is 0.920 bits per heavy atom. The summed E-state index contributed by atoms with van der Waals surface area (Å²) in [5, 5.41) is 0. The van der Waals surface area contributed by atoms with Gasteiger partial charge in [-0.15, -0.1) is 0 Å². The summed E-state index contributed by atoms with van der Waals surface area (Å²) >= 11 is 0. The van der Waals surface area contributed by atoms with Gasteiger partial charge >= 0.3 is 0 Å². The molecule has 2 atom stereocenters. The monoisotopic (exact) mass is 339 g/mol. The molecule has 0 bridgehead atoms. The van der Waals surface area contributed by atoms with Gasteiger partial charge in [0.15, 0.2) is 0 Å². The van der Waals surface area contributed by atoms with Crippen molar-refractivity contribution in [1.29, 1.82) is 0 Å². The molecular formula is C22H29NO2. The summed E-state index contributed by atoms with van der Waals surface area (Å²) in [5.41, 5.74) is 5.41. The maximum absolute atomic E-state index is 12.3. The fourth-order valence-corrected chi connectivity index (χ4v) is 4.58. The number of carbonyl (C=O) groups is 2. The smallest absolute Gasteiger partial charge is 0.254 e. The second kappa shape index (κ2) is 6.44. The second-order valence-corrected chi connectivity index (χ2v) is 8.36. The molecule has 134 valence electrons. The third-order valence-electron chi connectivity index (χ3n) is 5.72. The van der Waals surface area contributed by atoms with E-state index in [4.69, 9.17) is 0 Å². The maximum Gasteiger partial charge on any atom is 0.254 e. The fourth-order valence-electron chi connectivity index (χ4n) is 4.58. The van der Waals surface area contributed by atoms with Gasteiger partial charge in [0, 0.05) is 12.2 Å². The van der Waals surface area contributed by atoms with Crippen LogP contribution in [0.2, 0.25) is 0 Å². The average molecular weight is 339 g/mol. The number of hydrogen-bond donors (Lipinski definition) is 0. The topological polar surface area (TPSA) is 37.4 Å². The summed E-state index contributed by atoms with van der Waals surface area (Å²) in [6.07, 6.45) is 3.64. The van der Waals surface area contributed by atoms with Crippen molar-refractivity contribution in [2.75, 3.05) is 0 Å². The van der Waals surface area contributed by atoms with Crippen LogP contribution >= 0.6 is 0 Å². The highest BCUT2D eigenvalue weighted by atomic mass is 16.2. The summed E-state index contributed by atoms with van der Waals surface area (Å²) in [5.74, 6) is 1.40. The molecule has 1 aromatic carbocycles. The molecule has 0 aromatic heterocycles. The van der Waals surface area contributed by atoms with E-state index in [0.29, 0.717) is 23.7 Å². The molecule has 3 heteroatoms. The number of benzene rings is 1. The predicted molar refractivity (Wildman–Crippen MR) is 101 cm³/mol. The minimum Gasteiger partial charge on any atom is -0.269 e. The molecule has 2 aliphatic rings. The van der Waals surface area contributed by atoms with Crippen LogP contribution in [0.5, 0.6) is 0 Å². The molecule has 0 saturated carbocycles. The van der Waals surface area contributed by atoms with Crippen LogP contribution in [-0.4, -0.2) is 16.7 Å². The zero-order valence-electron chi connectivity index (χ0n) is 16.2. The number of rotatable bonds is 4. The molecule has 2 amide bonds. The molecule has 3 rings (SSSR count). The van der Waals surface area contributed by atoms with Crippen LogP contribution in [0.25, 0.3) is 0 Å². The first-order chi connectivity index (χ1) is 11.7. The normalized spacial score (nSPS) is 22.8. The van der Waals surface area contributed by atoms with Crippen molar-refractivity contribution in [2.45, 2.75) is 71.8 Å². The third-order valence-corrected chi connectivity index (χ3v) is 5.72. The van der Waals surface area contributed by atoms with Crippen LogP contribution < -0.4 is 0 Å². The van der Waals surface area contributed by atoms with Gasteiger partial charge in [0.1, 0.15) is 0 Å². The van der Waals surface area contributed by atoms with Crippen molar-refractivity contribution >= 4 is 11.8 Å². The van der Waals surface area contributed by atoms with Gasteiger partial charge in [-0.3, -0.25) is 14.5 Å². The van der Waals surface area contributed by atoms with Crippen LogP contribution in [0.15, 0.2) is 24.3 Å². The lowest BCUT2D eigenvalue weighted by Gasteiger charge is -2.25. The van der Waals surface area contributed by atoms with Crippen molar-refractivity contribution in [2.24, 2.45) is 5.92 Å². The molecule has 1 aromatic rings. The molecule has 1 aliphatic carbocycles. The van der Waals surface area contributed by atoms with E-state index < -0.39 is 0 Å². The Bertz CT molecular complexity index is 725. The Hall–Kier alpha value is -1.90. The van der Waals surface area contributed by atoms with Crippen molar-refractivity contribution in [3.8, 4) is 0 Å². The van der Waals surface area contributed by atoms with Gasteiger partial charge in [-0.2, -0.15) is 0 Å². The molecule has 3 nitrogen and oxygen atoms in total. The zero-order valence-corrected chi connectivity index (χ0v) is 16.2. The van der Waals surface area contributed by atoms with Gasteiger partial charge in [-0.05, 0) is 52.3 Å². The number of carbonyl (C=O) groups excluding carboxylic acids is 2. The van der Waals surface area contributed by atoms with E-state index in [-0.39, 0.29) is 17.9 Å². The van der Waals surface area contributed by atoms with Crippen molar-refractivity contribution in [3.05, 3.63) is 46.5 Å². The maximum atomic E-state index is 12.3. The van der Waals surface area contributed by atoms with Gasteiger partial charge in [0.05, 0.1) is 6.04 Å². The van der Waals surface area contributed by atoms with Crippen LogP contribution in [0.1, 0.15) is 94.0 Å². The van der Waals surface area contributed by atoms with Gasteiger partial charge in [0.2, 0.25) is 0 Å². The summed E-state index contributed by atoms with van der Waals surface area (Å²) in [4.78, 5) is 26.0. The van der Waals surface area contributed by atoms with Crippen molar-refractivity contribution < 1.29 is 9.59 Å². The van der Waals surface area contributed by atoms with E-state index >= 15 is 0 Å². The summed E-state index contributed by atoms with van der Waals surface area (Å²) < 4.78 is 0. The van der Waals surface area contributed by atoms with E-state index in [1.807, 2.05) is 0 Å². The first-order valence-corrected chi connectivity index (χ1v) is 9.45. The summed E-state index contributed by atoms with van der Waals surface area (Å²) in [7, 11) is 0. The number of hydrogen-bond acceptors (Lipinski definition) is 2. The predicted octanol–water partition coefficient (Wildman–Crippen LogP) is 5.04. The number of fused-ring (bicyclic) bond motifs is 1. The molecule has 0 radical (unpaired) electrons. The quantitative estimate of drug-likeness (QED) is 0.720. The third kappa shape index (κ3) is 2.84. The minimum absolute atomic E-state index is 0.129. The Kier molecular flexibility index (Phi) is 4.61. The highest BCUT2D eigenvalue weighted by Crippen LogP contribution is 2.51. The van der Waals surface area contributed by atoms with Gasteiger partial charge in [0.25, 0.3) is 11.8 Å². The van der Waals surface area contributed by atoms with Gasteiger partial charge in [-0.1, -0.05) is 53.7 Å². The Morgan fingerprint density at radius 2 is 1.52 bits per heavy atom. The highest BCUT2D eigenvalue weighted by Gasteiger charge is 2.42. The van der Waals surface area contributed by atoms with Crippen LogP contribution in [-0.2, 0) is 9.59 Å². The lowest BCUT2D eigenvalue weighted by molar-refractivity contribution is -0.139. The Labute approximate surface area is 151 Å². The van der Waals surface area contributed by atoms with E-state index in [2.05, 4.69) is 53.7 Å². The molecular weight excluding hydrogens is 310 g/mol. The number of nitrogens with zero attached hydrogens (tertiary/aromatic N) is 1. The SMILES string of the molecule is CC(C)c1ccc2c(c1C(C)C)[C@H](C(C)C)C[C@@H]2N1C(=O)C=CC1=O. The first kappa shape index (κ1) is 17.9. The van der Waals surface area contributed by atoms with E-state index in [9.17, 15) is 9.59 Å². The van der Waals surface area contributed by atoms with Crippen LogP contribution in [0.3, 0.4) is 0 Å². The average Bonchev–Trinajstić information content (AvgIpc) is 3.06. The van der Waals surface area contributed by atoms with Crippen molar-refractivity contribution in [3.63, 3.8) is 0 Å². The number of amides is 2. The Morgan fingerprint density at radius 3 is 2.00 bits per heavy atom. The van der Waals surface area contributed by atoms with E-state index in [1.54, 1.807) is 0 Å². The highest BCUT2D eigenvalue weighted by molar-refractivity contribution is 6.13. The largest absolute Gasteiger partial charge is 0.269 e. The van der Waals surface area contributed by atoms with Gasteiger partial charge in [-0.25, -0.2) is 0 Å². The van der Waals surface area contributed by atoms with Crippen LogP contribution in [0, 0.1) is 5.92 Å². The molecule has 0 fully saturated rings. The van der Waals surface area contributed by atoms with Gasteiger partial charge < -0.3 is 0 Å². The van der Waals surface area contributed by atoms with E-state index in [1.165, 1.54) is 39.3 Å². The molecule has 25 heavy (non-hydrogen) atoms. The summed E-state index contributed by atoms with van der Waals surface area (Å²) in [6.45, 7) is 13.5. The lowest BCUT2D eigenvalue weighted by Crippen LogP contribution is -2.33.